The van der Waals surface area contributed by atoms with Crippen molar-refractivity contribution in [3.63, 3.8) is 0 Å². The Morgan fingerprint density at radius 1 is 1.09 bits per heavy atom. The number of aromatic nitrogens is 4. The number of ether oxygens (including phenoxy) is 1. The van der Waals surface area contributed by atoms with Crippen molar-refractivity contribution < 1.29 is 9.26 Å². The highest BCUT2D eigenvalue weighted by Gasteiger charge is 2.18. The lowest BCUT2D eigenvalue weighted by molar-refractivity contribution is 0.340. The fourth-order valence-electron chi connectivity index (χ4n) is 3.62. The average molecular weight is 461 g/mol. The molecule has 0 N–H and O–H groups in total. The number of fused-ring (bicyclic) bond motifs is 1. The maximum absolute atomic E-state index is 13.4. The molecule has 0 aliphatic heterocycles. The second-order valence-corrected chi connectivity index (χ2v) is 8.37. The molecular weight excluding hydrogens is 440 g/mol. The predicted octanol–water partition coefficient (Wildman–Crippen LogP) is 4.02. The van der Waals surface area contributed by atoms with Gasteiger partial charge in [-0.25, -0.2) is 9.36 Å². The zero-order chi connectivity index (χ0) is 22.9. The molecule has 0 saturated carbocycles. The van der Waals surface area contributed by atoms with Gasteiger partial charge in [-0.15, -0.1) is 11.3 Å². The molecule has 0 atom stereocenters. The highest BCUT2D eigenvalue weighted by Crippen LogP contribution is 2.22. The SMILES string of the molecule is CCOc1cccc(-c2noc(Cn3c(=O)n(-c4ccc(C)cc4)c(=O)c4sccc43)n2)c1. The fraction of sp³-hybridized carbons (Fsp3) is 0.167. The van der Waals surface area contributed by atoms with Crippen molar-refractivity contribution in [2.75, 3.05) is 6.61 Å². The third-order valence-electron chi connectivity index (χ3n) is 5.21. The minimum atomic E-state index is -0.465. The Hall–Kier alpha value is -3.98. The largest absolute Gasteiger partial charge is 0.494 e. The monoisotopic (exact) mass is 460 g/mol. The molecule has 3 aromatic heterocycles. The number of aryl methyl sites for hydroxylation is 1. The number of hydrogen-bond donors (Lipinski definition) is 0. The highest BCUT2D eigenvalue weighted by atomic mass is 32.1. The number of rotatable bonds is 6. The molecule has 0 aliphatic carbocycles. The molecule has 0 radical (unpaired) electrons. The van der Waals surface area contributed by atoms with Crippen LogP contribution in [0.25, 0.3) is 27.3 Å². The van der Waals surface area contributed by atoms with E-state index in [0.717, 1.165) is 11.1 Å². The minimum absolute atomic E-state index is 0.0381. The van der Waals surface area contributed by atoms with E-state index in [9.17, 15) is 9.59 Å². The number of hydrogen-bond acceptors (Lipinski definition) is 7. The lowest BCUT2D eigenvalue weighted by Gasteiger charge is -2.11. The second kappa shape index (κ2) is 8.51. The van der Waals surface area contributed by atoms with Crippen LogP contribution in [0.2, 0.25) is 0 Å². The summed E-state index contributed by atoms with van der Waals surface area (Å²) in [5.74, 6) is 1.37. The van der Waals surface area contributed by atoms with Crippen LogP contribution in [0.15, 0.2) is 74.1 Å². The normalized spacial score (nSPS) is 11.2. The van der Waals surface area contributed by atoms with Crippen molar-refractivity contribution in [1.29, 1.82) is 0 Å². The summed E-state index contributed by atoms with van der Waals surface area (Å²) in [4.78, 5) is 30.9. The first kappa shape index (κ1) is 20.9. The highest BCUT2D eigenvalue weighted by molar-refractivity contribution is 7.17. The van der Waals surface area contributed by atoms with Crippen LogP contribution < -0.4 is 16.0 Å². The minimum Gasteiger partial charge on any atom is -0.494 e. The van der Waals surface area contributed by atoms with Crippen LogP contribution in [0.4, 0.5) is 0 Å². The van der Waals surface area contributed by atoms with E-state index in [-0.39, 0.29) is 18.0 Å². The predicted molar refractivity (Wildman–Crippen MR) is 126 cm³/mol. The van der Waals surface area contributed by atoms with Gasteiger partial charge in [0.05, 0.1) is 17.8 Å². The van der Waals surface area contributed by atoms with Gasteiger partial charge in [0.15, 0.2) is 0 Å². The Kier molecular flexibility index (Phi) is 5.39. The van der Waals surface area contributed by atoms with Gasteiger partial charge >= 0.3 is 5.69 Å². The van der Waals surface area contributed by atoms with Crippen LogP contribution in [0.5, 0.6) is 5.75 Å². The zero-order valence-corrected chi connectivity index (χ0v) is 18.8. The summed E-state index contributed by atoms with van der Waals surface area (Å²) >= 11 is 1.29. The summed E-state index contributed by atoms with van der Waals surface area (Å²) in [5, 5.41) is 5.86. The Balaban J connectivity index is 1.57. The molecule has 3 heterocycles. The molecule has 33 heavy (non-hydrogen) atoms. The van der Waals surface area contributed by atoms with Crippen molar-refractivity contribution >= 4 is 21.6 Å². The molecule has 5 rings (SSSR count). The van der Waals surface area contributed by atoms with Gasteiger partial charge in [-0.1, -0.05) is 35.0 Å². The molecule has 0 aliphatic rings. The lowest BCUT2D eigenvalue weighted by atomic mass is 10.2. The summed E-state index contributed by atoms with van der Waals surface area (Å²) in [6.07, 6.45) is 0. The van der Waals surface area contributed by atoms with E-state index < -0.39 is 5.69 Å². The molecule has 0 amide bonds. The first-order valence-electron chi connectivity index (χ1n) is 10.4. The van der Waals surface area contributed by atoms with E-state index in [1.807, 2.05) is 50.2 Å². The molecule has 0 fully saturated rings. The van der Waals surface area contributed by atoms with Crippen molar-refractivity contribution in [1.82, 2.24) is 19.3 Å². The maximum atomic E-state index is 13.4. The third kappa shape index (κ3) is 3.87. The Morgan fingerprint density at radius 2 is 1.91 bits per heavy atom. The topological polar surface area (TPSA) is 92.2 Å². The van der Waals surface area contributed by atoms with Gasteiger partial charge < -0.3 is 9.26 Å². The van der Waals surface area contributed by atoms with Gasteiger partial charge in [-0.05, 0) is 49.6 Å². The van der Waals surface area contributed by atoms with Gasteiger partial charge in [-0.3, -0.25) is 9.36 Å². The lowest BCUT2D eigenvalue weighted by Crippen LogP contribution is -2.38. The number of nitrogens with zero attached hydrogens (tertiary/aromatic N) is 4. The average Bonchev–Trinajstić information content (AvgIpc) is 3.49. The van der Waals surface area contributed by atoms with E-state index in [0.29, 0.717) is 34.1 Å². The van der Waals surface area contributed by atoms with Crippen molar-refractivity contribution in [3.8, 4) is 22.8 Å². The summed E-state index contributed by atoms with van der Waals surface area (Å²) in [6, 6.07) is 16.4. The van der Waals surface area contributed by atoms with E-state index in [1.54, 1.807) is 23.6 Å². The van der Waals surface area contributed by atoms with Crippen LogP contribution in [-0.2, 0) is 6.54 Å². The number of thiophene rings is 1. The first-order chi connectivity index (χ1) is 16.0. The Bertz CT molecular complexity index is 1560. The molecule has 166 valence electrons. The van der Waals surface area contributed by atoms with Crippen molar-refractivity contribution in [2.45, 2.75) is 20.4 Å². The van der Waals surface area contributed by atoms with Gasteiger partial charge in [0, 0.05) is 5.56 Å². The standard InChI is InChI=1S/C24H20N4O4S/c1-3-31-18-6-4-5-16(13-18)22-25-20(32-26-22)14-27-19-11-12-33-21(19)23(29)28(24(27)30)17-9-7-15(2)8-10-17/h4-13H,3,14H2,1-2H3. The Labute approximate surface area is 192 Å². The smallest absolute Gasteiger partial charge is 0.336 e. The molecule has 0 bridgehead atoms. The number of benzene rings is 2. The fourth-order valence-corrected chi connectivity index (χ4v) is 4.45. The first-order valence-corrected chi connectivity index (χ1v) is 11.3. The van der Waals surface area contributed by atoms with E-state index >= 15 is 0 Å². The Morgan fingerprint density at radius 3 is 2.70 bits per heavy atom. The van der Waals surface area contributed by atoms with Gasteiger partial charge in [0.25, 0.3) is 5.56 Å². The molecule has 0 saturated heterocycles. The molecule has 2 aromatic carbocycles. The van der Waals surface area contributed by atoms with E-state index in [2.05, 4.69) is 10.1 Å². The molecule has 5 aromatic rings. The second-order valence-electron chi connectivity index (χ2n) is 7.45. The van der Waals surface area contributed by atoms with Crippen LogP contribution in [0.1, 0.15) is 18.4 Å². The van der Waals surface area contributed by atoms with Crippen LogP contribution in [0, 0.1) is 6.92 Å². The van der Waals surface area contributed by atoms with Crippen molar-refractivity contribution in [3.05, 3.63) is 92.3 Å². The maximum Gasteiger partial charge on any atom is 0.336 e. The van der Waals surface area contributed by atoms with E-state index in [4.69, 9.17) is 9.26 Å². The molecule has 9 heteroatoms. The van der Waals surface area contributed by atoms with Crippen LogP contribution in [0.3, 0.4) is 0 Å². The van der Waals surface area contributed by atoms with Crippen molar-refractivity contribution in [2.24, 2.45) is 0 Å². The zero-order valence-electron chi connectivity index (χ0n) is 18.0. The summed E-state index contributed by atoms with van der Waals surface area (Å²) in [5.41, 5.74) is 2.02. The van der Waals surface area contributed by atoms with Gasteiger partial charge in [0.2, 0.25) is 11.7 Å². The van der Waals surface area contributed by atoms with E-state index in [1.165, 1.54) is 20.5 Å². The molecule has 8 nitrogen and oxygen atoms in total. The van der Waals surface area contributed by atoms with Gasteiger partial charge in [-0.2, -0.15) is 4.98 Å². The summed E-state index contributed by atoms with van der Waals surface area (Å²) < 4.78 is 14.1. The summed E-state index contributed by atoms with van der Waals surface area (Å²) in [7, 11) is 0. The van der Waals surface area contributed by atoms with Crippen LogP contribution >= 0.6 is 11.3 Å². The summed E-state index contributed by atoms with van der Waals surface area (Å²) in [6.45, 7) is 4.45. The molecule has 0 spiro atoms. The van der Waals surface area contributed by atoms with Crippen LogP contribution in [-0.4, -0.2) is 25.9 Å². The molecular formula is C24H20N4O4S. The van der Waals surface area contributed by atoms with Gasteiger partial charge in [0.1, 0.15) is 17.0 Å². The quantitative estimate of drug-likeness (QED) is 0.380. The molecule has 0 unspecified atom stereocenters. The third-order valence-corrected chi connectivity index (χ3v) is 6.10.